The summed E-state index contributed by atoms with van der Waals surface area (Å²) in [5.41, 5.74) is 1.40. The minimum Gasteiger partial charge on any atom is -0.504 e. The molecule has 0 atom stereocenters. The van der Waals surface area contributed by atoms with Crippen molar-refractivity contribution in [1.82, 2.24) is 0 Å². The topological polar surface area (TPSA) is 57.5 Å². The normalized spacial score (nSPS) is 11.3. The SMILES string of the molecule is Cc1c(/C=C\C=C/C=O)ccc(O)c1O. The number of phenolic OH excluding ortho intramolecular Hbond substituents is 2. The molecule has 0 unspecified atom stereocenters. The fourth-order valence-corrected chi connectivity index (χ4v) is 1.15. The first kappa shape index (κ1) is 11.0. The van der Waals surface area contributed by atoms with Crippen LogP contribution in [-0.2, 0) is 4.79 Å². The Balaban J connectivity index is 2.96. The third-order valence-electron chi connectivity index (χ3n) is 2.03. The largest absolute Gasteiger partial charge is 0.504 e. The Morgan fingerprint density at radius 1 is 1.13 bits per heavy atom. The smallest absolute Gasteiger partial charge is 0.160 e. The maximum Gasteiger partial charge on any atom is 0.160 e. The second kappa shape index (κ2) is 5.00. The third kappa shape index (κ3) is 2.71. The summed E-state index contributed by atoms with van der Waals surface area (Å²) >= 11 is 0. The highest BCUT2D eigenvalue weighted by Crippen LogP contribution is 2.30. The minimum atomic E-state index is -0.131. The number of hydrogen-bond acceptors (Lipinski definition) is 3. The van der Waals surface area contributed by atoms with Gasteiger partial charge in [-0.15, -0.1) is 0 Å². The molecule has 0 aromatic heterocycles. The molecule has 0 saturated carbocycles. The molecule has 0 heterocycles. The van der Waals surface area contributed by atoms with E-state index in [2.05, 4.69) is 0 Å². The molecular weight excluding hydrogens is 192 g/mol. The van der Waals surface area contributed by atoms with E-state index in [-0.39, 0.29) is 11.5 Å². The van der Waals surface area contributed by atoms with Crippen molar-refractivity contribution in [2.75, 3.05) is 0 Å². The number of aldehydes is 1. The van der Waals surface area contributed by atoms with Gasteiger partial charge in [-0.05, 0) is 24.6 Å². The van der Waals surface area contributed by atoms with Crippen LogP contribution in [0.5, 0.6) is 11.5 Å². The number of allylic oxidation sites excluding steroid dienone is 3. The lowest BCUT2D eigenvalue weighted by Gasteiger charge is -2.04. The van der Waals surface area contributed by atoms with E-state index < -0.39 is 0 Å². The van der Waals surface area contributed by atoms with Gasteiger partial charge in [-0.25, -0.2) is 0 Å². The molecule has 1 rings (SSSR count). The molecule has 0 bridgehead atoms. The summed E-state index contributed by atoms with van der Waals surface area (Å²) in [5, 5.41) is 18.6. The molecule has 0 spiro atoms. The lowest BCUT2D eigenvalue weighted by Crippen LogP contribution is -1.81. The van der Waals surface area contributed by atoms with Crippen LogP contribution in [-0.4, -0.2) is 16.5 Å². The van der Waals surface area contributed by atoms with Gasteiger partial charge in [-0.1, -0.05) is 24.3 Å². The van der Waals surface area contributed by atoms with E-state index in [1.54, 1.807) is 31.2 Å². The van der Waals surface area contributed by atoms with Gasteiger partial charge in [0.25, 0.3) is 0 Å². The Hall–Kier alpha value is -2.03. The van der Waals surface area contributed by atoms with E-state index in [0.717, 1.165) is 5.56 Å². The van der Waals surface area contributed by atoms with Crippen LogP contribution in [0, 0.1) is 6.92 Å². The molecule has 0 saturated heterocycles. The van der Waals surface area contributed by atoms with E-state index in [9.17, 15) is 15.0 Å². The van der Waals surface area contributed by atoms with Gasteiger partial charge in [0.05, 0.1) is 0 Å². The number of rotatable bonds is 3. The van der Waals surface area contributed by atoms with Crippen molar-refractivity contribution in [3.8, 4) is 11.5 Å². The van der Waals surface area contributed by atoms with Crippen molar-refractivity contribution in [3.05, 3.63) is 41.5 Å². The van der Waals surface area contributed by atoms with Gasteiger partial charge in [0.15, 0.2) is 11.5 Å². The average molecular weight is 204 g/mol. The predicted octanol–water partition coefficient (Wildman–Crippen LogP) is 2.17. The number of phenols is 2. The van der Waals surface area contributed by atoms with Crippen LogP contribution in [0.25, 0.3) is 6.08 Å². The summed E-state index contributed by atoms with van der Waals surface area (Å²) in [6, 6.07) is 3.11. The summed E-state index contributed by atoms with van der Waals surface area (Å²) in [7, 11) is 0. The Bertz CT molecular complexity index is 417. The number of hydrogen-bond donors (Lipinski definition) is 2. The fraction of sp³-hybridized carbons (Fsp3) is 0.0833. The van der Waals surface area contributed by atoms with Gasteiger partial charge in [-0.2, -0.15) is 0 Å². The summed E-state index contributed by atoms with van der Waals surface area (Å²) in [6.07, 6.45) is 7.08. The standard InChI is InChI=1S/C12H12O3/c1-9-10(5-3-2-4-8-13)6-7-11(14)12(9)15/h2-8,14-15H,1H3/b4-2-,5-3-. The summed E-state index contributed by atoms with van der Waals surface area (Å²) in [5.74, 6) is -0.246. The predicted molar refractivity (Wildman–Crippen MR) is 58.7 cm³/mol. The number of benzene rings is 1. The second-order valence-corrected chi connectivity index (χ2v) is 3.03. The van der Waals surface area contributed by atoms with Crippen molar-refractivity contribution >= 4 is 12.4 Å². The molecule has 0 fully saturated rings. The third-order valence-corrected chi connectivity index (χ3v) is 2.03. The quantitative estimate of drug-likeness (QED) is 0.343. The van der Waals surface area contributed by atoms with E-state index in [0.29, 0.717) is 11.8 Å². The van der Waals surface area contributed by atoms with Gasteiger partial charge in [0.2, 0.25) is 0 Å². The number of carbonyl (C=O) groups excluding carboxylic acids is 1. The monoisotopic (exact) mass is 204 g/mol. The Morgan fingerprint density at radius 3 is 2.53 bits per heavy atom. The van der Waals surface area contributed by atoms with Gasteiger partial charge in [-0.3, -0.25) is 4.79 Å². The molecule has 1 aromatic carbocycles. The molecule has 0 amide bonds. The molecule has 15 heavy (non-hydrogen) atoms. The summed E-state index contributed by atoms with van der Waals surface area (Å²) in [4.78, 5) is 9.99. The Labute approximate surface area is 88.0 Å². The molecule has 78 valence electrons. The lowest BCUT2D eigenvalue weighted by atomic mass is 10.1. The highest BCUT2D eigenvalue weighted by molar-refractivity contribution is 5.67. The Kier molecular flexibility index (Phi) is 3.68. The van der Waals surface area contributed by atoms with E-state index in [4.69, 9.17) is 0 Å². The van der Waals surface area contributed by atoms with Gasteiger partial charge in [0, 0.05) is 5.56 Å². The highest BCUT2D eigenvalue weighted by Gasteiger charge is 2.04. The van der Waals surface area contributed by atoms with Crippen molar-refractivity contribution in [2.24, 2.45) is 0 Å². The highest BCUT2D eigenvalue weighted by atomic mass is 16.3. The van der Waals surface area contributed by atoms with Crippen LogP contribution in [0.15, 0.2) is 30.4 Å². The van der Waals surface area contributed by atoms with Crippen LogP contribution >= 0.6 is 0 Å². The van der Waals surface area contributed by atoms with Crippen LogP contribution in [0.1, 0.15) is 11.1 Å². The van der Waals surface area contributed by atoms with E-state index in [1.807, 2.05) is 0 Å². The first-order valence-corrected chi connectivity index (χ1v) is 4.47. The molecule has 2 N–H and O–H groups in total. The molecule has 0 aliphatic rings. The van der Waals surface area contributed by atoms with Gasteiger partial charge in [0.1, 0.15) is 6.29 Å². The minimum absolute atomic E-state index is 0.114. The maximum atomic E-state index is 9.99. The first-order valence-electron chi connectivity index (χ1n) is 4.47. The molecule has 0 aliphatic heterocycles. The van der Waals surface area contributed by atoms with Crippen LogP contribution in [0.4, 0.5) is 0 Å². The zero-order chi connectivity index (χ0) is 11.3. The van der Waals surface area contributed by atoms with Gasteiger partial charge < -0.3 is 10.2 Å². The average Bonchev–Trinajstić information content (AvgIpc) is 2.24. The van der Waals surface area contributed by atoms with Gasteiger partial charge >= 0.3 is 0 Å². The van der Waals surface area contributed by atoms with Crippen molar-refractivity contribution in [2.45, 2.75) is 6.92 Å². The summed E-state index contributed by atoms with van der Waals surface area (Å²) < 4.78 is 0. The number of aromatic hydroxyl groups is 2. The van der Waals surface area contributed by atoms with E-state index in [1.165, 1.54) is 12.1 Å². The van der Waals surface area contributed by atoms with Crippen molar-refractivity contribution in [1.29, 1.82) is 0 Å². The summed E-state index contributed by atoms with van der Waals surface area (Å²) in [6.45, 7) is 1.71. The first-order chi connectivity index (χ1) is 7.16. The molecule has 3 nitrogen and oxygen atoms in total. The number of carbonyl (C=O) groups is 1. The molecule has 0 radical (unpaired) electrons. The zero-order valence-electron chi connectivity index (χ0n) is 8.34. The zero-order valence-corrected chi connectivity index (χ0v) is 8.34. The molecule has 1 aromatic rings. The molecule has 3 heteroatoms. The van der Waals surface area contributed by atoms with E-state index >= 15 is 0 Å². The molecular formula is C12H12O3. The fourth-order valence-electron chi connectivity index (χ4n) is 1.15. The van der Waals surface area contributed by atoms with Crippen LogP contribution in [0.3, 0.4) is 0 Å². The van der Waals surface area contributed by atoms with Crippen LogP contribution in [0.2, 0.25) is 0 Å². The lowest BCUT2D eigenvalue weighted by molar-refractivity contribution is -0.104. The maximum absolute atomic E-state index is 9.99. The Morgan fingerprint density at radius 2 is 1.87 bits per heavy atom. The van der Waals surface area contributed by atoms with Crippen LogP contribution < -0.4 is 0 Å². The second-order valence-electron chi connectivity index (χ2n) is 3.03. The van der Waals surface area contributed by atoms with Crippen molar-refractivity contribution < 1.29 is 15.0 Å². The van der Waals surface area contributed by atoms with Crippen molar-refractivity contribution in [3.63, 3.8) is 0 Å². The molecule has 0 aliphatic carbocycles.